The lowest BCUT2D eigenvalue weighted by molar-refractivity contribution is 0.00322. The first-order valence-electron chi connectivity index (χ1n) is 7.23. The van der Waals surface area contributed by atoms with E-state index < -0.39 is 5.60 Å². The highest BCUT2D eigenvalue weighted by molar-refractivity contribution is 7.99. The lowest BCUT2D eigenvalue weighted by atomic mass is 9.85. The molecule has 0 aliphatic carbocycles. The van der Waals surface area contributed by atoms with Crippen LogP contribution in [0.25, 0.3) is 0 Å². The van der Waals surface area contributed by atoms with Crippen LogP contribution in [0.5, 0.6) is 0 Å². The molecule has 1 heterocycles. The van der Waals surface area contributed by atoms with Gasteiger partial charge < -0.3 is 10.4 Å². The molecule has 0 atom stereocenters. The fourth-order valence-corrected chi connectivity index (χ4v) is 3.84. The van der Waals surface area contributed by atoms with Gasteiger partial charge in [0, 0.05) is 20.4 Å². The van der Waals surface area contributed by atoms with Gasteiger partial charge in [0.1, 0.15) is 5.82 Å². The molecule has 0 saturated carbocycles. The summed E-state index contributed by atoms with van der Waals surface area (Å²) in [5.41, 5.74) is -0.295. The number of halogens is 2. The second kappa shape index (κ2) is 6.59. The summed E-state index contributed by atoms with van der Waals surface area (Å²) in [7, 11) is 0. The van der Waals surface area contributed by atoms with Crippen LogP contribution in [0.1, 0.15) is 18.4 Å². The van der Waals surface area contributed by atoms with E-state index in [0.29, 0.717) is 23.4 Å². The van der Waals surface area contributed by atoms with Crippen molar-refractivity contribution in [3.05, 3.63) is 58.9 Å². The summed E-state index contributed by atoms with van der Waals surface area (Å²) in [6, 6.07) is 12.1. The number of nitrogens with one attached hydrogen (secondary N) is 1. The Morgan fingerprint density at radius 3 is 2.45 bits per heavy atom. The number of aliphatic hydroxyl groups is 1. The predicted molar refractivity (Wildman–Crippen MR) is 88.0 cm³/mol. The fourth-order valence-electron chi connectivity index (χ4n) is 2.69. The van der Waals surface area contributed by atoms with Gasteiger partial charge in [-0.3, -0.25) is 0 Å². The fraction of sp³-hybridized carbons (Fsp3) is 0.294. The Morgan fingerprint density at radius 1 is 1.09 bits per heavy atom. The van der Waals surface area contributed by atoms with Crippen molar-refractivity contribution in [1.29, 1.82) is 0 Å². The Kier molecular flexibility index (Phi) is 4.73. The molecule has 116 valence electrons. The molecule has 1 fully saturated rings. The zero-order chi connectivity index (χ0) is 15.6. The summed E-state index contributed by atoms with van der Waals surface area (Å²) in [6.07, 6.45) is 1.18. The molecule has 0 bridgehead atoms. The Hall–Kier alpha value is -1.07. The zero-order valence-corrected chi connectivity index (χ0v) is 13.6. The van der Waals surface area contributed by atoms with Gasteiger partial charge in [-0.15, -0.1) is 0 Å². The Balaban J connectivity index is 1.95. The van der Waals surface area contributed by atoms with Gasteiger partial charge in [-0.25, -0.2) is 4.39 Å². The monoisotopic (exact) mass is 337 g/mol. The molecular formula is C17H17ClFNOS. The third-order valence-electron chi connectivity index (χ3n) is 3.92. The minimum atomic E-state index is -0.970. The largest absolute Gasteiger partial charge is 0.385 e. The molecule has 0 amide bonds. The lowest BCUT2D eigenvalue weighted by Crippen LogP contribution is -2.40. The van der Waals surface area contributed by atoms with Gasteiger partial charge in [0.05, 0.1) is 5.60 Å². The number of hydrogen-bond acceptors (Lipinski definition) is 3. The van der Waals surface area contributed by atoms with E-state index in [1.165, 1.54) is 23.9 Å². The lowest BCUT2D eigenvalue weighted by Gasteiger charge is -2.34. The van der Waals surface area contributed by atoms with E-state index in [2.05, 4.69) is 5.32 Å². The first-order valence-corrected chi connectivity index (χ1v) is 8.43. The molecule has 1 aliphatic heterocycles. The number of hydrogen-bond donors (Lipinski definition) is 2. The predicted octanol–water partition coefficient (Wildman–Crippen LogP) is 4.20. The van der Waals surface area contributed by atoms with E-state index in [4.69, 9.17) is 11.6 Å². The minimum absolute atomic E-state index is 0.317. The van der Waals surface area contributed by atoms with Crippen molar-refractivity contribution in [2.45, 2.75) is 28.2 Å². The van der Waals surface area contributed by atoms with Crippen LogP contribution < -0.4 is 5.32 Å². The Bertz CT molecular complexity index is 656. The normalized spacial score (nSPS) is 17.4. The minimum Gasteiger partial charge on any atom is -0.385 e. The average molecular weight is 338 g/mol. The average Bonchev–Trinajstić information content (AvgIpc) is 2.52. The van der Waals surface area contributed by atoms with Crippen LogP contribution in [0.4, 0.5) is 4.39 Å². The van der Waals surface area contributed by atoms with Gasteiger partial charge in [-0.05, 0) is 68.4 Å². The maximum absolute atomic E-state index is 13.7. The summed E-state index contributed by atoms with van der Waals surface area (Å²) in [4.78, 5) is 1.89. The van der Waals surface area contributed by atoms with E-state index in [-0.39, 0.29) is 5.82 Å². The van der Waals surface area contributed by atoms with Gasteiger partial charge in [0.25, 0.3) is 0 Å². The maximum Gasteiger partial charge on any atom is 0.123 e. The van der Waals surface area contributed by atoms with Crippen molar-refractivity contribution in [2.24, 2.45) is 0 Å². The molecule has 0 spiro atoms. The van der Waals surface area contributed by atoms with Crippen molar-refractivity contribution < 1.29 is 9.50 Å². The van der Waals surface area contributed by atoms with E-state index in [9.17, 15) is 9.50 Å². The van der Waals surface area contributed by atoms with Gasteiger partial charge in [0.15, 0.2) is 0 Å². The molecule has 2 nitrogen and oxygen atoms in total. The zero-order valence-electron chi connectivity index (χ0n) is 12.0. The highest BCUT2D eigenvalue weighted by Gasteiger charge is 2.33. The third kappa shape index (κ3) is 3.46. The van der Waals surface area contributed by atoms with Crippen LogP contribution in [-0.2, 0) is 5.60 Å². The van der Waals surface area contributed by atoms with E-state index >= 15 is 0 Å². The summed E-state index contributed by atoms with van der Waals surface area (Å²) in [6.45, 7) is 1.47. The van der Waals surface area contributed by atoms with E-state index in [1.807, 2.05) is 24.3 Å². The first-order chi connectivity index (χ1) is 10.6. The van der Waals surface area contributed by atoms with Crippen molar-refractivity contribution >= 4 is 23.4 Å². The molecule has 3 rings (SSSR count). The highest BCUT2D eigenvalue weighted by Crippen LogP contribution is 2.40. The van der Waals surface area contributed by atoms with Crippen LogP contribution >= 0.6 is 23.4 Å². The van der Waals surface area contributed by atoms with Crippen LogP contribution in [-0.4, -0.2) is 18.2 Å². The molecule has 1 saturated heterocycles. The van der Waals surface area contributed by atoms with Gasteiger partial charge in [-0.1, -0.05) is 23.4 Å². The summed E-state index contributed by atoms with van der Waals surface area (Å²) in [5.74, 6) is -0.317. The number of benzene rings is 2. The molecule has 0 unspecified atom stereocenters. The molecule has 5 heteroatoms. The topological polar surface area (TPSA) is 32.3 Å². The summed E-state index contributed by atoms with van der Waals surface area (Å²) >= 11 is 7.42. The van der Waals surface area contributed by atoms with Crippen molar-refractivity contribution in [2.75, 3.05) is 13.1 Å². The number of piperidine rings is 1. The van der Waals surface area contributed by atoms with Gasteiger partial charge in [-0.2, -0.15) is 0 Å². The molecule has 2 aromatic rings. The van der Waals surface area contributed by atoms with Crippen molar-refractivity contribution in [3.63, 3.8) is 0 Å². The SMILES string of the molecule is OC1(c2cc(F)ccc2Sc2ccc(Cl)cc2)CCNCC1. The third-order valence-corrected chi connectivity index (χ3v) is 5.25. The van der Waals surface area contributed by atoms with Gasteiger partial charge in [0.2, 0.25) is 0 Å². The molecule has 1 aliphatic rings. The van der Waals surface area contributed by atoms with Crippen LogP contribution in [0.3, 0.4) is 0 Å². The summed E-state index contributed by atoms with van der Waals surface area (Å²) in [5, 5.41) is 14.8. The number of rotatable bonds is 3. The Labute approximate surface area is 138 Å². The Morgan fingerprint density at radius 2 is 1.77 bits per heavy atom. The van der Waals surface area contributed by atoms with Crippen LogP contribution in [0.2, 0.25) is 5.02 Å². The second-order valence-electron chi connectivity index (χ2n) is 5.48. The molecular weight excluding hydrogens is 321 g/mol. The molecule has 0 aromatic heterocycles. The maximum atomic E-state index is 13.7. The summed E-state index contributed by atoms with van der Waals surface area (Å²) < 4.78 is 13.7. The van der Waals surface area contributed by atoms with E-state index in [0.717, 1.165) is 22.9 Å². The second-order valence-corrected chi connectivity index (χ2v) is 7.03. The standard InChI is InChI=1S/C17H17ClFNOS/c18-12-1-4-14(5-2-12)22-16-6-3-13(19)11-15(16)17(21)7-9-20-10-8-17/h1-6,11,20-21H,7-10H2. The van der Waals surface area contributed by atoms with Crippen LogP contribution in [0, 0.1) is 5.82 Å². The first kappa shape index (κ1) is 15.8. The van der Waals surface area contributed by atoms with E-state index in [1.54, 1.807) is 6.07 Å². The quantitative estimate of drug-likeness (QED) is 0.880. The van der Waals surface area contributed by atoms with Crippen molar-refractivity contribution in [1.82, 2.24) is 5.32 Å². The molecule has 2 aromatic carbocycles. The molecule has 22 heavy (non-hydrogen) atoms. The molecule has 2 N–H and O–H groups in total. The smallest absolute Gasteiger partial charge is 0.123 e. The highest BCUT2D eigenvalue weighted by atomic mass is 35.5. The van der Waals surface area contributed by atoms with Gasteiger partial charge >= 0.3 is 0 Å². The van der Waals surface area contributed by atoms with Crippen molar-refractivity contribution in [3.8, 4) is 0 Å². The van der Waals surface area contributed by atoms with Crippen LogP contribution in [0.15, 0.2) is 52.3 Å². The molecule has 0 radical (unpaired) electrons.